The Hall–Kier alpha value is -2.09. The van der Waals surface area contributed by atoms with Gasteiger partial charge in [-0.05, 0) is 37.1 Å². The number of fused-ring (bicyclic) bond motifs is 1. The molecule has 0 saturated carbocycles. The van der Waals surface area contributed by atoms with Crippen LogP contribution in [0.1, 0.15) is 47.3 Å². The Morgan fingerprint density at radius 3 is 2.56 bits per heavy atom. The summed E-state index contributed by atoms with van der Waals surface area (Å²) in [7, 11) is 0. The summed E-state index contributed by atoms with van der Waals surface area (Å²) in [6, 6.07) is 2.38. The lowest BCUT2D eigenvalue weighted by Gasteiger charge is -2.28. The summed E-state index contributed by atoms with van der Waals surface area (Å²) in [6.45, 7) is 4.42. The third-order valence-electron chi connectivity index (χ3n) is 4.60. The van der Waals surface area contributed by atoms with E-state index in [1.807, 2.05) is 0 Å². The van der Waals surface area contributed by atoms with Crippen molar-refractivity contribution in [2.75, 3.05) is 13.2 Å². The number of benzene rings is 1. The van der Waals surface area contributed by atoms with Crippen LogP contribution in [0.15, 0.2) is 12.1 Å². The van der Waals surface area contributed by atoms with Crippen LogP contribution in [-0.4, -0.2) is 40.9 Å². The Morgan fingerprint density at radius 2 is 1.96 bits per heavy atom. The van der Waals surface area contributed by atoms with Crippen LogP contribution in [0.25, 0.3) is 0 Å². The molecule has 0 aromatic heterocycles. The summed E-state index contributed by atoms with van der Waals surface area (Å²) >= 11 is 0. The van der Waals surface area contributed by atoms with Crippen LogP contribution in [0, 0.1) is 0 Å². The van der Waals surface area contributed by atoms with E-state index in [1.54, 1.807) is 13.8 Å². The second-order valence-electron chi connectivity index (χ2n) is 6.69. The first-order chi connectivity index (χ1) is 11.7. The fourth-order valence-corrected chi connectivity index (χ4v) is 3.27. The Balaban J connectivity index is 1.99. The van der Waals surface area contributed by atoms with Gasteiger partial charge in [0.25, 0.3) is 5.91 Å². The molecule has 1 saturated heterocycles. The summed E-state index contributed by atoms with van der Waals surface area (Å²) < 4.78 is 40.5. The molecule has 1 fully saturated rings. The van der Waals surface area contributed by atoms with Crippen molar-refractivity contribution in [1.82, 2.24) is 15.1 Å². The third-order valence-corrected chi connectivity index (χ3v) is 4.60. The number of hydrogen-bond donors (Lipinski definition) is 1. The lowest BCUT2D eigenvalue weighted by molar-refractivity contribution is -0.138. The summed E-state index contributed by atoms with van der Waals surface area (Å²) in [5, 5.41) is 3.02. The fraction of sp³-hybridized carbons (Fsp3) is 0.529. The molecular formula is C17H20F3N3O2. The standard InChI is InChI=1S/C17H20F3N3O2/c1-10(2)23-8-13-12(16(23)25)5-11(6-14(13)17(18,19)20)7-22-9-21-4-3-15(22)24/h5-6,10,21H,3-4,7-9H2,1-2H3. The van der Waals surface area contributed by atoms with E-state index >= 15 is 0 Å². The van der Waals surface area contributed by atoms with E-state index in [9.17, 15) is 22.8 Å². The molecule has 2 aliphatic heterocycles. The fourth-order valence-electron chi connectivity index (χ4n) is 3.27. The molecule has 1 aromatic carbocycles. The lowest BCUT2D eigenvalue weighted by atomic mass is 9.98. The first kappa shape index (κ1) is 17.7. The van der Waals surface area contributed by atoms with Gasteiger partial charge in [-0.15, -0.1) is 0 Å². The van der Waals surface area contributed by atoms with E-state index in [4.69, 9.17) is 0 Å². The molecule has 0 unspecified atom stereocenters. The number of nitrogens with zero attached hydrogens (tertiary/aromatic N) is 2. The number of nitrogens with one attached hydrogen (secondary N) is 1. The highest BCUT2D eigenvalue weighted by atomic mass is 19.4. The normalized spacial score (nSPS) is 18.3. The van der Waals surface area contributed by atoms with Crippen molar-refractivity contribution < 1.29 is 22.8 Å². The van der Waals surface area contributed by atoms with Crippen molar-refractivity contribution in [2.45, 2.75) is 45.6 Å². The number of hydrogen-bond acceptors (Lipinski definition) is 3. The van der Waals surface area contributed by atoms with Crippen molar-refractivity contribution in [2.24, 2.45) is 0 Å². The molecule has 0 bridgehead atoms. The molecule has 0 spiro atoms. The van der Waals surface area contributed by atoms with Crippen LogP contribution >= 0.6 is 0 Å². The molecule has 25 heavy (non-hydrogen) atoms. The van der Waals surface area contributed by atoms with E-state index in [0.29, 0.717) is 25.2 Å². The molecule has 2 heterocycles. The maximum Gasteiger partial charge on any atom is 0.416 e. The molecule has 1 N–H and O–H groups in total. The minimum atomic E-state index is -4.54. The molecule has 2 aliphatic rings. The molecule has 3 rings (SSSR count). The molecule has 8 heteroatoms. The maximum absolute atomic E-state index is 13.5. The summed E-state index contributed by atoms with van der Waals surface area (Å²) in [4.78, 5) is 27.3. The quantitative estimate of drug-likeness (QED) is 0.906. The smallest absolute Gasteiger partial charge is 0.332 e. The SMILES string of the molecule is CC(C)N1Cc2c(cc(CN3CNCCC3=O)cc2C(F)(F)F)C1=O. The number of alkyl halides is 3. The van der Waals surface area contributed by atoms with Gasteiger partial charge in [-0.1, -0.05) is 0 Å². The zero-order valence-corrected chi connectivity index (χ0v) is 14.1. The molecule has 0 aliphatic carbocycles. The molecule has 0 atom stereocenters. The highest BCUT2D eigenvalue weighted by Crippen LogP contribution is 2.38. The maximum atomic E-state index is 13.5. The van der Waals surface area contributed by atoms with Crippen LogP contribution in [-0.2, 0) is 24.1 Å². The Morgan fingerprint density at radius 1 is 1.24 bits per heavy atom. The zero-order valence-electron chi connectivity index (χ0n) is 14.1. The van der Waals surface area contributed by atoms with E-state index in [1.165, 1.54) is 15.9 Å². The van der Waals surface area contributed by atoms with E-state index < -0.39 is 11.7 Å². The van der Waals surface area contributed by atoms with Crippen molar-refractivity contribution in [3.8, 4) is 0 Å². The van der Waals surface area contributed by atoms with Gasteiger partial charge in [0.15, 0.2) is 0 Å². The van der Waals surface area contributed by atoms with Gasteiger partial charge in [0.1, 0.15) is 0 Å². The number of amides is 2. The predicted octanol–water partition coefficient (Wildman–Crippen LogP) is 2.35. The van der Waals surface area contributed by atoms with Crippen molar-refractivity contribution >= 4 is 11.8 Å². The average Bonchev–Trinajstić information content (AvgIpc) is 2.85. The van der Waals surface area contributed by atoms with Gasteiger partial charge in [-0.3, -0.25) is 14.9 Å². The number of carbonyl (C=O) groups excluding carboxylic acids is 2. The van der Waals surface area contributed by atoms with Gasteiger partial charge in [0.05, 0.1) is 12.2 Å². The van der Waals surface area contributed by atoms with Crippen LogP contribution in [0.3, 0.4) is 0 Å². The van der Waals surface area contributed by atoms with Crippen LogP contribution < -0.4 is 5.32 Å². The van der Waals surface area contributed by atoms with Crippen LogP contribution in [0.5, 0.6) is 0 Å². The summed E-state index contributed by atoms with van der Waals surface area (Å²) in [6.07, 6.45) is -4.23. The van der Waals surface area contributed by atoms with Gasteiger partial charge >= 0.3 is 6.18 Å². The Bertz CT molecular complexity index is 716. The largest absolute Gasteiger partial charge is 0.416 e. The first-order valence-electron chi connectivity index (χ1n) is 8.21. The van der Waals surface area contributed by atoms with E-state index in [2.05, 4.69) is 5.32 Å². The number of halogens is 3. The van der Waals surface area contributed by atoms with Crippen LogP contribution in [0.4, 0.5) is 13.2 Å². The highest BCUT2D eigenvalue weighted by Gasteiger charge is 2.40. The summed E-state index contributed by atoms with van der Waals surface area (Å²) in [5.74, 6) is -0.497. The molecule has 1 aromatic rings. The number of rotatable bonds is 3. The monoisotopic (exact) mass is 355 g/mol. The lowest BCUT2D eigenvalue weighted by Crippen LogP contribution is -2.44. The van der Waals surface area contributed by atoms with E-state index in [-0.39, 0.29) is 42.1 Å². The second kappa shape index (κ2) is 6.33. The van der Waals surface area contributed by atoms with Crippen molar-refractivity contribution in [1.29, 1.82) is 0 Å². The molecule has 5 nitrogen and oxygen atoms in total. The van der Waals surface area contributed by atoms with Gasteiger partial charge in [0, 0.05) is 37.7 Å². The Labute approximate surface area is 143 Å². The second-order valence-corrected chi connectivity index (χ2v) is 6.69. The van der Waals surface area contributed by atoms with Crippen LogP contribution in [0.2, 0.25) is 0 Å². The molecular weight excluding hydrogens is 335 g/mol. The van der Waals surface area contributed by atoms with Crippen molar-refractivity contribution in [3.05, 3.63) is 34.4 Å². The van der Waals surface area contributed by atoms with Gasteiger partial charge in [-0.25, -0.2) is 0 Å². The van der Waals surface area contributed by atoms with Gasteiger partial charge in [0.2, 0.25) is 5.91 Å². The van der Waals surface area contributed by atoms with Gasteiger partial charge in [-0.2, -0.15) is 13.2 Å². The highest BCUT2D eigenvalue weighted by molar-refractivity contribution is 5.99. The minimum absolute atomic E-state index is 0.0260. The Kier molecular flexibility index (Phi) is 4.49. The van der Waals surface area contributed by atoms with Gasteiger partial charge < -0.3 is 9.80 Å². The third kappa shape index (κ3) is 3.35. The number of carbonyl (C=O) groups is 2. The predicted molar refractivity (Wildman–Crippen MR) is 84.5 cm³/mol. The minimum Gasteiger partial charge on any atom is -0.332 e. The molecule has 0 radical (unpaired) electrons. The topological polar surface area (TPSA) is 52.6 Å². The molecule has 136 valence electrons. The zero-order chi connectivity index (χ0) is 18.4. The molecule has 2 amide bonds. The van der Waals surface area contributed by atoms with Crippen molar-refractivity contribution in [3.63, 3.8) is 0 Å². The summed E-state index contributed by atoms with van der Waals surface area (Å²) in [5.41, 5.74) is -0.343. The average molecular weight is 355 g/mol. The van der Waals surface area contributed by atoms with E-state index in [0.717, 1.165) is 6.07 Å². The first-order valence-corrected chi connectivity index (χ1v) is 8.21.